The van der Waals surface area contributed by atoms with Crippen LogP contribution in [0.1, 0.15) is 43.0 Å². The summed E-state index contributed by atoms with van der Waals surface area (Å²) in [6, 6.07) is 14.3. The first-order chi connectivity index (χ1) is 13.0. The minimum Gasteiger partial charge on any atom is -0.394 e. The highest BCUT2D eigenvalue weighted by Gasteiger charge is 2.41. The molecule has 3 rings (SSSR count). The van der Waals surface area contributed by atoms with E-state index in [-0.39, 0.29) is 37.3 Å². The van der Waals surface area contributed by atoms with Crippen LogP contribution in [-0.2, 0) is 9.53 Å². The summed E-state index contributed by atoms with van der Waals surface area (Å²) in [5.41, 5.74) is 1.85. The smallest absolute Gasteiger partial charge is 0.249 e. The van der Waals surface area contributed by atoms with Crippen molar-refractivity contribution in [3.05, 3.63) is 69.7 Å². The van der Waals surface area contributed by atoms with Crippen molar-refractivity contribution in [2.45, 2.75) is 38.0 Å². The average Bonchev–Trinajstić information content (AvgIpc) is 2.68. The molecule has 2 aromatic rings. The number of carbonyl (C=O) groups excluding carboxylic acids is 1. The average molecular weight is 408 g/mol. The van der Waals surface area contributed by atoms with Crippen LogP contribution in [0.3, 0.4) is 0 Å². The van der Waals surface area contributed by atoms with Crippen molar-refractivity contribution >= 4 is 29.1 Å². The predicted octanol–water partition coefficient (Wildman–Crippen LogP) is 4.80. The van der Waals surface area contributed by atoms with E-state index in [9.17, 15) is 9.90 Å². The monoisotopic (exact) mass is 407 g/mol. The Bertz CT molecular complexity index is 764. The van der Waals surface area contributed by atoms with Crippen LogP contribution in [-0.4, -0.2) is 35.2 Å². The number of morpholine rings is 1. The van der Waals surface area contributed by atoms with Crippen molar-refractivity contribution in [2.24, 2.45) is 0 Å². The van der Waals surface area contributed by atoms with Crippen molar-refractivity contribution in [2.75, 3.05) is 13.2 Å². The highest BCUT2D eigenvalue weighted by molar-refractivity contribution is 6.30. The van der Waals surface area contributed by atoms with E-state index >= 15 is 0 Å². The number of amides is 1. The van der Waals surface area contributed by atoms with Gasteiger partial charge in [-0.05, 0) is 41.8 Å². The van der Waals surface area contributed by atoms with Gasteiger partial charge in [-0.3, -0.25) is 4.79 Å². The summed E-state index contributed by atoms with van der Waals surface area (Å²) in [6.07, 6.45) is 1.24. The van der Waals surface area contributed by atoms with Gasteiger partial charge in [-0.1, -0.05) is 60.8 Å². The van der Waals surface area contributed by atoms with Gasteiger partial charge in [-0.15, -0.1) is 0 Å². The Labute approximate surface area is 169 Å². The summed E-state index contributed by atoms with van der Waals surface area (Å²) in [5, 5.41) is 11.2. The lowest BCUT2D eigenvalue weighted by molar-refractivity contribution is -0.165. The van der Waals surface area contributed by atoms with E-state index in [4.69, 9.17) is 27.9 Å². The zero-order valence-corrected chi connectivity index (χ0v) is 16.7. The SMILES string of the molecule is CCC[C@H](CO)N1C(=O)CO[C@@H](c2ccc(Cl)cc2)[C@H]1c1ccc(Cl)cc1. The van der Waals surface area contributed by atoms with Gasteiger partial charge in [0.1, 0.15) is 12.7 Å². The summed E-state index contributed by atoms with van der Waals surface area (Å²) < 4.78 is 5.97. The number of nitrogens with zero attached hydrogens (tertiary/aromatic N) is 1. The van der Waals surface area contributed by atoms with Crippen LogP contribution < -0.4 is 0 Å². The topological polar surface area (TPSA) is 49.8 Å². The number of aliphatic hydroxyl groups is 1. The molecule has 4 nitrogen and oxygen atoms in total. The van der Waals surface area contributed by atoms with E-state index in [0.29, 0.717) is 10.0 Å². The Kier molecular flexibility index (Phi) is 6.77. The number of aliphatic hydroxyl groups excluding tert-OH is 1. The third-order valence-corrected chi connectivity index (χ3v) is 5.40. The second kappa shape index (κ2) is 9.07. The molecule has 27 heavy (non-hydrogen) atoms. The summed E-state index contributed by atoms with van der Waals surface area (Å²) in [7, 11) is 0. The van der Waals surface area contributed by atoms with E-state index in [2.05, 4.69) is 0 Å². The highest BCUT2D eigenvalue weighted by Crippen LogP contribution is 2.42. The van der Waals surface area contributed by atoms with Gasteiger partial charge in [0.05, 0.1) is 18.7 Å². The van der Waals surface area contributed by atoms with Gasteiger partial charge >= 0.3 is 0 Å². The maximum absolute atomic E-state index is 12.8. The third kappa shape index (κ3) is 4.46. The van der Waals surface area contributed by atoms with Gasteiger partial charge in [-0.25, -0.2) is 0 Å². The van der Waals surface area contributed by atoms with E-state index in [1.165, 1.54) is 0 Å². The molecule has 1 saturated heterocycles. The molecule has 1 aliphatic heterocycles. The lowest BCUT2D eigenvalue weighted by Crippen LogP contribution is -2.52. The Hall–Kier alpha value is -1.59. The molecule has 0 saturated carbocycles. The summed E-state index contributed by atoms with van der Waals surface area (Å²) in [5.74, 6) is -0.118. The van der Waals surface area contributed by atoms with Crippen molar-refractivity contribution < 1.29 is 14.6 Å². The van der Waals surface area contributed by atoms with Crippen LogP contribution in [0, 0.1) is 0 Å². The highest BCUT2D eigenvalue weighted by atomic mass is 35.5. The lowest BCUT2D eigenvalue weighted by Gasteiger charge is -2.45. The summed E-state index contributed by atoms with van der Waals surface area (Å²) >= 11 is 12.1. The summed E-state index contributed by atoms with van der Waals surface area (Å²) in [6.45, 7) is 1.94. The number of benzene rings is 2. The largest absolute Gasteiger partial charge is 0.394 e. The molecule has 1 N–H and O–H groups in total. The molecule has 1 fully saturated rings. The van der Waals surface area contributed by atoms with Gasteiger partial charge < -0.3 is 14.7 Å². The fraction of sp³-hybridized carbons (Fsp3) is 0.381. The first-order valence-electron chi connectivity index (χ1n) is 9.09. The normalized spacial score (nSPS) is 21.3. The van der Waals surface area contributed by atoms with E-state index < -0.39 is 0 Å². The Morgan fingerprint density at radius 2 is 1.63 bits per heavy atom. The molecule has 0 aromatic heterocycles. The molecule has 144 valence electrons. The molecule has 0 bridgehead atoms. The molecular formula is C21H23Cl2NO3. The van der Waals surface area contributed by atoms with Crippen molar-refractivity contribution in [3.8, 4) is 0 Å². The summed E-state index contributed by atoms with van der Waals surface area (Å²) in [4.78, 5) is 14.6. The van der Waals surface area contributed by atoms with Crippen molar-refractivity contribution in [1.29, 1.82) is 0 Å². The fourth-order valence-electron chi connectivity index (χ4n) is 3.64. The van der Waals surface area contributed by atoms with Crippen molar-refractivity contribution in [1.82, 2.24) is 4.90 Å². The van der Waals surface area contributed by atoms with E-state index in [1.54, 1.807) is 17.0 Å². The standard InChI is InChI=1S/C21H23Cl2NO3/c1-2-3-18(12-25)24-19(26)13-27-21(15-6-10-17(23)11-7-15)20(24)14-4-8-16(22)9-5-14/h4-11,18,20-21,25H,2-3,12-13H2,1H3/t18-,20-,21+/m1/s1. The number of hydrogen-bond donors (Lipinski definition) is 1. The second-order valence-electron chi connectivity index (χ2n) is 6.71. The van der Waals surface area contributed by atoms with Crippen LogP contribution in [0.25, 0.3) is 0 Å². The Balaban J connectivity index is 2.07. The number of ether oxygens (including phenoxy) is 1. The van der Waals surface area contributed by atoms with Gasteiger partial charge in [0.2, 0.25) is 5.91 Å². The number of hydrogen-bond acceptors (Lipinski definition) is 3. The minimum absolute atomic E-state index is 0.0163. The third-order valence-electron chi connectivity index (χ3n) is 4.90. The maximum atomic E-state index is 12.8. The zero-order chi connectivity index (χ0) is 19.4. The molecule has 1 aliphatic rings. The molecule has 0 aliphatic carbocycles. The number of carbonyl (C=O) groups is 1. The molecule has 0 spiro atoms. The molecule has 3 atom stereocenters. The Morgan fingerprint density at radius 1 is 1.07 bits per heavy atom. The quantitative estimate of drug-likeness (QED) is 0.748. The minimum atomic E-state index is -0.355. The first-order valence-corrected chi connectivity index (χ1v) is 9.85. The molecule has 1 amide bonds. The number of rotatable bonds is 6. The fourth-order valence-corrected chi connectivity index (χ4v) is 3.89. The van der Waals surface area contributed by atoms with Crippen LogP contribution in [0.2, 0.25) is 10.0 Å². The van der Waals surface area contributed by atoms with Crippen LogP contribution in [0.4, 0.5) is 0 Å². The van der Waals surface area contributed by atoms with E-state index in [0.717, 1.165) is 24.0 Å². The van der Waals surface area contributed by atoms with Crippen molar-refractivity contribution in [3.63, 3.8) is 0 Å². The molecule has 2 aromatic carbocycles. The Morgan fingerprint density at radius 3 is 2.15 bits per heavy atom. The van der Waals surface area contributed by atoms with Crippen LogP contribution in [0.5, 0.6) is 0 Å². The first kappa shape index (κ1) is 20.2. The van der Waals surface area contributed by atoms with Gasteiger partial charge in [0, 0.05) is 10.0 Å². The lowest BCUT2D eigenvalue weighted by atomic mass is 9.91. The zero-order valence-electron chi connectivity index (χ0n) is 15.1. The maximum Gasteiger partial charge on any atom is 0.249 e. The molecule has 0 unspecified atom stereocenters. The number of halogens is 2. The van der Waals surface area contributed by atoms with Gasteiger partial charge in [-0.2, -0.15) is 0 Å². The second-order valence-corrected chi connectivity index (χ2v) is 7.58. The van der Waals surface area contributed by atoms with Crippen LogP contribution in [0.15, 0.2) is 48.5 Å². The van der Waals surface area contributed by atoms with E-state index in [1.807, 2.05) is 43.3 Å². The van der Waals surface area contributed by atoms with Crippen LogP contribution >= 0.6 is 23.2 Å². The van der Waals surface area contributed by atoms with Gasteiger partial charge in [0.15, 0.2) is 0 Å². The molecule has 6 heteroatoms. The molecular weight excluding hydrogens is 385 g/mol. The van der Waals surface area contributed by atoms with Gasteiger partial charge in [0.25, 0.3) is 0 Å². The molecule has 1 heterocycles. The molecule has 0 radical (unpaired) electrons. The predicted molar refractivity (Wildman–Crippen MR) is 107 cm³/mol.